The standard InChI is InChI=1S/C30H45ClN5O11P/c1-11-41-48(40,42-12-2)15-17(37)13-14-18-20-21(45-30(9,10)44-20)24(43-18)35-16-32-19-22(35)33-25(31)34-23(19)36(26(38)46-28(3,4)5)27(39)47-29(6,7)8/h16,18,20-21,24H,11-15H2,1-10H3/t18-,20?,21+,24-/m1/s1. The van der Waals surface area contributed by atoms with E-state index in [9.17, 15) is 18.9 Å². The Morgan fingerprint density at radius 1 is 0.979 bits per heavy atom. The van der Waals surface area contributed by atoms with Crippen LogP contribution in [0.1, 0.15) is 88.3 Å². The average Bonchev–Trinajstić information content (AvgIpc) is 3.56. The van der Waals surface area contributed by atoms with Crippen LogP contribution in [0, 0.1) is 0 Å². The number of rotatable bonds is 11. The summed E-state index contributed by atoms with van der Waals surface area (Å²) in [4.78, 5) is 53.3. The van der Waals surface area contributed by atoms with E-state index < -0.39 is 61.3 Å². The number of fused-ring (bicyclic) bond motifs is 2. The largest absolute Gasteiger partial charge is 0.443 e. The molecule has 0 N–H and O–H groups in total. The van der Waals surface area contributed by atoms with Gasteiger partial charge in [-0.05, 0) is 87.3 Å². The lowest BCUT2D eigenvalue weighted by Crippen LogP contribution is -2.44. The van der Waals surface area contributed by atoms with Gasteiger partial charge >= 0.3 is 19.8 Å². The zero-order valence-electron chi connectivity index (χ0n) is 29.0. The molecule has 2 amide bonds. The first-order chi connectivity index (χ1) is 22.2. The number of imidazole rings is 1. The SMILES string of the molecule is CCOP(=O)(CC(=O)CC[C@H]1O[C@@H](n2cnc3c(N(C(=O)OC(C)(C)C)C(=O)OC(C)(C)C)nc(Cl)nc32)[C@H]2OC(C)(C)OC12)OCC. The summed E-state index contributed by atoms with van der Waals surface area (Å²) < 4.78 is 54.8. The zero-order valence-corrected chi connectivity index (χ0v) is 30.6. The van der Waals surface area contributed by atoms with Crippen molar-refractivity contribution in [3.05, 3.63) is 11.6 Å². The summed E-state index contributed by atoms with van der Waals surface area (Å²) in [7, 11) is -3.57. The van der Waals surface area contributed by atoms with Crippen molar-refractivity contribution in [2.75, 3.05) is 24.3 Å². The van der Waals surface area contributed by atoms with Crippen molar-refractivity contribution in [2.45, 2.75) is 124 Å². The minimum atomic E-state index is -3.57. The summed E-state index contributed by atoms with van der Waals surface area (Å²) in [5.74, 6) is -1.57. The van der Waals surface area contributed by atoms with Gasteiger partial charge in [-0.1, -0.05) is 0 Å². The predicted molar refractivity (Wildman–Crippen MR) is 173 cm³/mol. The summed E-state index contributed by atoms with van der Waals surface area (Å²) >= 11 is 6.37. The molecular formula is C30H45ClN5O11P. The van der Waals surface area contributed by atoms with Crippen molar-refractivity contribution in [1.82, 2.24) is 19.5 Å². The Balaban J connectivity index is 1.67. The topological polar surface area (TPSA) is 180 Å². The minimum absolute atomic E-state index is 0.0120. The highest BCUT2D eigenvalue weighted by Gasteiger charge is 2.56. The molecule has 16 nitrogen and oxygen atoms in total. The van der Waals surface area contributed by atoms with Gasteiger partial charge in [0.2, 0.25) is 5.28 Å². The van der Waals surface area contributed by atoms with Crippen molar-refractivity contribution in [2.24, 2.45) is 0 Å². The van der Waals surface area contributed by atoms with Crippen molar-refractivity contribution in [1.29, 1.82) is 0 Å². The number of amides is 2. The lowest BCUT2D eigenvalue weighted by molar-refractivity contribution is -0.197. The Hall–Kier alpha value is -2.72. The fourth-order valence-electron chi connectivity index (χ4n) is 5.32. The van der Waals surface area contributed by atoms with E-state index >= 15 is 0 Å². The number of carbonyl (C=O) groups is 3. The van der Waals surface area contributed by atoms with Gasteiger partial charge < -0.3 is 32.7 Å². The van der Waals surface area contributed by atoms with Crippen LogP contribution in [0.25, 0.3) is 11.2 Å². The van der Waals surface area contributed by atoms with Crippen LogP contribution in [0.2, 0.25) is 5.28 Å². The van der Waals surface area contributed by atoms with E-state index in [-0.39, 0.29) is 60.3 Å². The normalized spacial score (nSPS) is 22.5. The molecule has 2 aliphatic rings. The molecule has 4 rings (SSSR count). The number of imide groups is 1. The highest BCUT2D eigenvalue weighted by molar-refractivity contribution is 7.54. The Morgan fingerprint density at radius 3 is 2.08 bits per heavy atom. The Kier molecular flexibility index (Phi) is 11.3. The molecule has 0 aromatic carbocycles. The third-order valence-corrected chi connectivity index (χ3v) is 9.08. The molecule has 0 spiro atoms. The zero-order chi connectivity index (χ0) is 35.8. The molecule has 18 heteroatoms. The summed E-state index contributed by atoms with van der Waals surface area (Å²) in [6.07, 6.45) is -3.64. The molecule has 2 aromatic rings. The molecule has 2 aromatic heterocycles. The summed E-state index contributed by atoms with van der Waals surface area (Å²) in [5, 5.41) is -0.301. The Labute approximate surface area is 284 Å². The van der Waals surface area contributed by atoms with Gasteiger partial charge in [-0.25, -0.2) is 14.6 Å². The van der Waals surface area contributed by atoms with E-state index in [0.717, 1.165) is 0 Å². The molecule has 1 unspecified atom stereocenters. The van der Waals surface area contributed by atoms with Gasteiger partial charge in [0.1, 0.15) is 35.4 Å². The minimum Gasteiger partial charge on any atom is -0.443 e. The van der Waals surface area contributed by atoms with E-state index in [0.29, 0.717) is 4.90 Å². The van der Waals surface area contributed by atoms with Crippen LogP contribution in [0.5, 0.6) is 0 Å². The van der Waals surface area contributed by atoms with Gasteiger partial charge in [0.15, 0.2) is 29.0 Å². The molecule has 0 saturated carbocycles. The first-order valence-corrected chi connectivity index (χ1v) is 17.8. The van der Waals surface area contributed by atoms with E-state index in [2.05, 4.69) is 15.0 Å². The van der Waals surface area contributed by atoms with Crippen molar-refractivity contribution >= 4 is 54.1 Å². The molecule has 0 radical (unpaired) electrons. The number of aromatic nitrogens is 4. The van der Waals surface area contributed by atoms with Crippen LogP contribution < -0.4 is 4.90 Å². The lowest BCUT2D eigenvalue weighted by atomic mass is 10.0. The number of hydrogen-bond acceptors (Lipinski definition) is 14. The quantitative estimate of drug-likeness (QED) is 0.190. The first kappa shape index (κ1) is 38.1. The predicted octanol–water partition coefficient (Wildman–Crippen LogP) is 6.19. The number of ketones is 1. The second kappa shape index (κ2) is 14.3. The second-order valence-electron chi connectivity index (χ2n) is 13.7. The fraction of sp³-hybridized carbons (Fsp3) is 0.733. The van der Waals surface area contributed by atoms with Crippen LogP contribution >= 0.6 is 19.2 Å². The number of carbonyl (C=O) groups excluding carboxylic acids is 3. The third kappa shape index (κ3) is 9.09. The van der Waals surface area contributed by atoms with Gasteiger partial charge in [0, 0.05) is 6.42 Å². The van der Waals surface area contributed by atoms with Crippen molar-refractivity contribution < 1.29 is 51.7 Å². The molecule has 0 aliphatic carbocycles. The molecule has 2 aliphatic heterocycles. The molecule has 4 atom stereocenters. The second-order valence-corrected chi connectivity index (χ2v) is 16.1. The monoisotopic (exact) mass is 717 g/mol. The summed E-state index contributed by atoms with van der Waals surface area (Å²) in [6, 6.07) is 0. The first-order valence-electron chi connectivity index (χ1n) is 15.7. The third-order valence-electron chi connectivity index (χ3n) is 6.87. The molecule has 4 heterocycles. The molecule has 48 heavy (non-hydrogen) atoms. The van der Waals surface area contributed by atoms with E-state index in [1.807, 2.05) is 0 Å². The molecular weight excluding hydrogens is 673 g/mol. The Morgan fingerprint density at radius 2 is 1.54 bits per heavy atom. The fourth-order valence-corrected chi connectivity index (χ4v) is 7.11. The molecule has 268 valence electrons. The highest BCUT2D eigenvalue weighted by Crippen LogP contribution is 2.49. The average molecular weight is 718 g/mol. The highest BCUT2D eigenvalue weighted by atomic mass is 35.5. The molecule has 2 saturated heterocycles. The number of ether oxygens (including phenoxy) is 5. The van der Waals surface area contributed by atoms with E-state index in [4.69, 9.17) is 44.3 Å². The number of Topliss-reactive ketones (excluding diaryl/α,β-unsaturated/α-hetero) is 1. The van der Waals surface area contributed by atoms with Gasteiger partial charge in [0.05, 0.1) is 25.6 Å². The van der Waals surface area contributed by atoms with Gasteiger partial charge in [-0.2, -0.15) is 14.9 Å². The smallest absolute Gasteiger partial charge is 0.425 e. The van der Waals surface area contributed by atoms with E-state index in [1.165, 1.54) is 10.9 Å². The van der Waals surface area contributed by atoms with Crippen LogP contribution in [0.3, 0.4) is 0 Å². The van der Waals surface area contributed by atoms with Crippen LogP contribution in [-0.2, 0) is 42.1 Å². The number of anilines is 1. The maximum atomic E-state index is 13.4. The van der Waals surface area contributed by atoms with Crippen molar-refractivity contribution in [3.63, 3.8) is 0 Å². The van der Waals surface area contributed by atoms with Crippen molar-refractivity contribution in [3.8, 4) is 0 Å². The van der Waals surface area contributed by atoms with Gasteiger partial charge in [-0.3, -0.25) is 13.9 Å². The maximum Gasteiger partial charge on any atom is 0.425 e. The van der Waals surface area contributed by atoms with E-state index in [1.54, 1.807) is 69.2 Å². The van der Waals surface area contributed by atoms with Gasteiger partial charge in [0.25, 0.3) is 0 Å². The van der Waals surface area contributed by atoms with Gasteiger partial charge in [-0.15, -0.1) is 0 Å². The number of halogens is 1. The number of hydrogen-bond donors (Lipinski definition) is 0. The van der Waals surface area contributed by atoms with Crippen LogP contribution in [-0.4, -0.2) is 92.2 Å². The number of nitrogens with zero attached hydrogens (tertiary/aromatic N) is 5. The molecule has 0 bridgehead atoms. The lowest BCUT2D eigenvalue weighted by Gasteiger charge is -2.28. The van der Waals surface area contributed by atoms with Crippen LogP contribution in [0.15, 0.2) is 6.33 Å². The summed E-state index contributed by atoms with van der Waals surface area (Å²) in [6.45, 7) is 17.0. The summed E-state index contributed by atoms with van der Waals surface area (Å²) in [5.41, 5.74) is -1.79. The molecule has 2 fully saturated rings. The van der Waals surface area contributed by atoms with Crippen LogP contribution in [0.4, 0.5) is 15.4 Å². The maximum absolute atomic E-state index is 13.4. The Bertz CT molecular complexity index is 1530.